The van der Waals surface area contributed by atoms with E-state index in [2.05, 4.69) is 10.5 Å². The number of hydrazone groups is 1. The first-order valence-corrected chi connectivity index (χ1v) is 5.71. The van der Waals surface area contributed by atoms with Gasteiger partial charge in [0.15, 0.2) is 0 Å². The van der Waals surface area contributed by atoms with Crippen molar-refractivity contribution in [3.63, 3.8) is 0 Å². The molecule has 0 aliphatic heterocycles. The predicted molar refractivity (Wildman–Crippen MR) is 63.4 cm³/mol. The van der Waals surface area contributed by atoms with Crippen LogP contribution in [0.5, 0.6) is 0 Å². The fraction of sp³-hybridized carbons (Fsp3) is 0.111. The molecule has 0 saturated carbocycles. The maximum absolute atomic E-state index is 11.0. The molecule has 0 aliphatic carbocycles. The Morgan fingerprint density at radius 1 is 1.41 bits per heavy atom. The van der Waals surface area contributed by atoms with Crippen LogP contribution in [0.15, 0.2) is 34.3 Å². The molecule has 0 heterocycles. The third-order valence-electron chi connectivity index (χ3n) is 1.62. The molecule has 0 aliphatic rings. The van der Waals surface area contributed by atoms with Crippen molar-refractivity contribution in [3.05, 3.63) is 29.8 Å². The standard InChI is InChI=1S/C9H10N2O4S.Na/c1-7(12)11-10-6-8-4-2-3-5-9(8)16(13,14)15;/h2-6H,1H3,(H,11,12)(H,13,14,15);/b10-6+;. The fourth-order valence-corrected chi connectivity index (χ4v) is 1.68. The van der Waals surface area contributed by atoms with Gasteiger partial charge in [0.05, 0.1) is 6.21 Å². The minimum absolute atomic E-state index is 0. The number of rotatable bonds is 3. The predicted octanol–water partition coefficient (Wildman–Crippen LogP) is 0.0225. The second kappa shape index (κ2) is 6.87. The van der Waals surface area contributed by atoms with Crippen LogP contribution in [0.2, 0.25) is 0 Å². The van der Waals surface area contributed by atoms with E-state index in [0.29, 0.717) is 0 Å². The number of nitrogens with one attached hydrogen (secondary N) is 1. The molecule has 2 N–H and O–H groups in total. The van der Waals surface area contributed by atoms with Crippen LogP contribution in [0.3, 0.4) is 0 Å². The monoisotopic (exact) mass is 265 g/mol. The molecule has 87 valence electrons. The molecule has 8 heteroatoms. The third-order valence-corrected chi connectivity index (χ3v) is 2.55. The fourth-order valence-electron chi connectivity index (χ4n) is 1.01. The summed E-state index contributed by atoms with van der Waals surface area (Å²) in [5, 5.41) is 3.52. The third kappa shape index (κ3) is 5.42. The summed E-state index contributed by atoms with van der Waals surface area (Å²) < 4.78 is 30.8. The van der Waals surface area contributed by atoms with Gasteiger partial charge in [0, 0.05) is 42.0 Å². The van der Waals surface area contributed by atoms with Crippen molar-refractivity contribution in [1.29, 1.82) is 0 Å². The second-order valence-electron chi connectivity index (χ2n) is 2.94. The number of carbonyl (C=O) groups is 1. The Bertz CT molecular complexity index is 528. The zero-order valence-electron chi connectivity index (χ0n) is 9.41. The van der Waals surface area contributed by atoms with Crippen LogP contribution < -0.4 is 5.43 Å². The van der Waals surface area contributed by atoms with Crippen molar-refractivity contribution in [3.8, 4) is 0 Å². The molecule has 0 atom stereocenters. The van der Waals surface area contributed by atoms with Crippen molar-refractivity contribution in [2.75, 3.05) is 0 Å². The molecule has 17 heavy (non-hydrogen) atoms. The SMILES string of the molecule is CC(=O)N/N=C/c1ccccc1S(=O)(=O)O.[Na]. The molecule has 0 unspecified atom stereocenters. The molecule has 6 nitrogen and oxygen atoms in total. The summed E-state index contributed by atoms with van der Waals surface area (Å²) >= 11 is 0. The molecular formula is C9H10N2NaO4S. The molecule has 1 rings (SSSR count). The van der Waals surface area contributed by atoms with Crippen molar-refractivity contribution < 1.29 is 17.8 Å². The molecule has 1 radical (unpaired) electrons. The van der Waals surface area contributed by atoms with Crippen LogP contribution in [0.4, 0.5) is 0 Å². The van der Waals surface area contributed by atoms with Crippen LogP contribution in [-0.2, 0) is 14.9 Å². The van der Waals surface area contributed by atoms with Crippen molar-refractivity contribution in [1.82, 2.24) is 5.43 Å². The van der Waals surface area contributed by atoms with E-state index in [1.807, 2.05) is 0 Å². The Morgan fingerprint density at radius 2 is 2.00 bits per heavy atom. The normalized spacial score (nSPS) is 10.9. The Kier molecular flexibility index (Phi) is 6.58. The number of carbonyl (C=O) groups excluding carboxylic acids is 1. The molecule has 0 saturated heterocycles. The van der Waals surface area contributed by atoms with Gasteiger partial charge in [0.25, 0.3) is 10.1 Å². The van der Waals surface area contributed by atoms with E-state index in [1.165, 1.54) is 25.1 Å². The van der Waals surface area contributed by atoms with Gasteiger partial charge in [0.2, 0.25) is 5.91 Å². The van der Waals surface area contributed by atoms with Gasteiger partial charge < -0.3 is 0 Å². The van der Waals surface area contributed by atoms with Crippen LogP contribution in [-0.4, -0.2) is 54.6 Å². The van der Waals surface area contributed by atoms with Gasteiger partial charge in [-0.3, -0.25) is 9.35 Å². The summed E-state index contributed by atoms with van der Waals surface area (Å²) in [5.74, 6) is -0.374. The zero-order chi connectivity index (χ0) is 12.2. The van der Waals surface area contributed by atoms with Gasteiger partial charge in [-0.25, -0.2) is 5.43 Å². The van der Waals surface area contributed by atoms with Crippen molar-refractivity contribution in [2.24, 2.45) is 5.10 Å². The average Bonchev–Trinajstić information content (AvgIpc) is 2.16. The molecule has 1 amide bonds. The Morgan fingerprint density at radius 3 is 2.53 bits per heavy atom. The van der Waals surface area contributed by atoms with Crippen LogP contribution in [0.1, 0.15) is 12.5 Å². The van der Waals surface area contributed by atoms with E-state index in [-0.39, 0.29) is 45.9 Å². The van der Waals surface area contributed by atoms with E-state index in [9.17, 15) is 13.2 Å². The van der Waals surface area contributed by atoms with Gasteiger partial charge >= 0.3 is 0 Å². The van der Waals surface area contributed by atoms with Crippen molar-refractivity contribution in [2.45, 2.75) is 11.8 Å². The second-order valence-corrected chi connectivity index (χ2v) is 4.33. The Labute approximate surface area is 121 Å². The zero-order valence-corrected chi connectivity index (χ0v) is 12.2. The maximum atomic E-state index is 11.0. The van der Waals surface area contributed by atoms with Gasteiger partial charge in [0.1, 0.15) is 4.90 Å². The quantitative estimate of drug-likeness (QED) is 0.348. The molecule has 0 bridgehead atoms. The molecule has 1 aromatic rings. The summed E-state index contributed by atoms with van der Waals surface area (Å²) in [6, 6.07) is 5.75. The van der Waals surface area contributed by atoms with Crippen molar-refractivity contribution >= 4 is 51.8 Å². The summed E-state index contributed by atoms with van der Waals surface area (Å²) in [5.41, 5.74) is 2.32. The largest absolute Gasteiger partial charge is 0.295 e. The topological polar surface area (TPSA) is 95.8 Å². The maximum Gasteiger partial charge on any atom is 0.295 e. The molecule has 1 aromatic carbocycles. The minimum Gasteiger partial charge on any atom is -0.282 e. The van der Waals surface area contributed by atoms with E-state index in [4.69, 9.17) is 4.55 Å². The van der Waals surface area contributed by atoms with Crippen LogP contribution >= 0.6 is 0 Å². The summed E-state index contributed by atoms with van der Waals surface area (Å²) in [4.78, 5) is 10.3. The van der Waals surface area contributed by atoms with Crippen LogP contribution in [0.25, 0.3) is 0 Å². The average molecular weight is 265 g/mol. The smallest absolute Gasteiger partial charge is 0.282 e. The van der Waals surface area contributed by atoms with E-state index in [0.717, 1.165) is 6.21 Å². The van der Waals surface area contributed by atoms with Gasteiger partial charge in [-0.2, -0.15) is 13.5 Å². The first-order chi connectivity index (χ1) is 7.41. The van der Waals surface area contributed by atoms with Gasteiger partial charge in [-0.05, 0) is 6.07 Å². The van der Waals surface area contributed by atoms with E-state index >= 15 is 0 Å². The Balaban J connectivity index is 0.00000256. The van der Waals surface area contributed by atoms with Crippen LogP contribution in [0, 0.1) is 0 Å². The number of hydrogen-bond acceptors (Lipinski definition) is 4. The molecule has 0 aromatic heterocycles. The number of hydrogen-bond donors (Lipinski definition) is 2. The first kappa shape index (κ1) is 16.3. The van der Waals surface area contributed by atoms with Gasteiger partial charge in [-0.15, -0.1) is 0 Å². The molecular weight excluding hydrogens is 255 g/mol. The number of benzene rings is 1. The molecule has 0 spiro atoms. The summed E-state index contributed by atoms with van der Waals surface area (Å²) in [6.07, 6.45) is 1.14. The Hall–Kier alpha value is -0.730. The summed E-state index contributed by atoms with van der Waals surface area (Å²) in [6.45, 7) is 1.27. The van der Waals surface area contributed by atoms with E-state index < -0.39 is 10.1 Å². The number of amides is 1. The first-order valence-electron chi connectivity index (χ1n) is 4.27. The summed E-state index contributed by atoms with van der Waals surface area (Å²) in [7, 11) is -4.29. The molecule has 0 fully saturated rings. The minimum atomic E-state index is -4.29. The van der Waals surface area contributed by atoms with Gasteiger partial charge in [-0.1, -0.05) is 18.2 Å². The number of nitrogens with zero attached hydrogens (tertiary/aromatic N) is 1. The van der Waals surface area contributed by atoms with E-state index in [1.54, 1.807) is 6.07 Å².